The molecule has 1 heterocycles. The Morgan fingerprint density at radius 1 is 1.24 bits per heavy atom. The minimum atomic E-state index is -1.03. The zero-order valence-electron chi connectivity index (χ0n) is 9.37. The van der Waals surface area contributed by atoms with Crippen LogP contribution < -0.4 is 0 Å². The van der Waals surface area contributed by atoms with Gasteiger partial charge in [-0.3, -0.25) is 0 Å². The molecule has 0 aliphatic carbocycles. The first-order valence-corrected chi connectivity index (χ1v) is 5.29. The van der Waals surface area contributed by atoms with Crippen molar-refractivity contribution >= 4 is 5.97 Å². The second kappa shape index (κ2) is 4.74. The molecule has 0 saturated heterocycles. The number of nitrogens with zero attached hydrogens (tertiary/aromatic N) is 2. The summed E-state index contributed by atoms with van der Waals surface area (Å²) < 4.78 is 0. The number of aromatic carboxylic acids is 1. The van der Waals surface area contributed by atoms with E-state index in [0.717, 1.165) is 5.56 Å². The van der Waals surface area contributed by atoms with Crippen LogP contribution in [0.2, 0.25) is 0 Å². The molecule has 4 heteroatoms. The molecule has 1 aromatic heterocycles. The van der Waals surface area contributed by atoms with Gasteiger partial charge in [-0.05, 0) is 11.6 Å². The van der Waals surface area contributed by atoms with Crippen LogP contribution in [0.25, 0.3) is 0 Å². The summed E-state index contributed by atoms with van der Waals surface area (Å²) in [6.07, 6.45) is 1.48. The molecule has 0 amide bonds. The van der Waals surface area contributed by atoms with Crippen molar-refractivity contribution in [1.29, 1.82) is 0 Å². The predicted molar refractivity (Wildman–Crippen MR) is 63.0 cm³/mol. The van der Waals surface area contributed by atoms with E-state index in [0.29, 0.717) is 5.82 Å². The summed E-state index contributed by atoms with van der Waals surface area (Å²) in [4.78, 5) is 19.0. The Morgan fingerprint density at radius 2 is 1.94 bits per heavy atom. The lowest BCUT2D eigenvalue weighted by molar-refractivity contribution is 0.0690. The van der Waals surface area contributed by atoms with E-state index in [9.17, 15) is 4.79 Å². The number of hydrogen-bond donors (Lipinski definition) is 1. The Hall–Kier alpha value is -2.23. The topological polar surface area (TPSA) is 63.1 Å². The number of carbonyl (C=O) groups is 1. The van der Waals surface area contributed by atoms with Crippen LogP contribution in [-0.4, -0.2) is 21.0 Å². The third-order valence-electron chi connectivity index (χ3n) is 2.58. The quantitative estimate of drug-likeness (QED) is 0.875. The van der Waals surface area contributed by atoms with Crippen LogP contribution in [-0.2, 0) is 0 Å². The first-order valence-electron chi connectivity index (χ1n) is 5.29. The fourth-order valence-electron chi connectivity index (χ4n) is 1.59. The van der Waals surface area contributed by atoms with Gasteiger partial charge in [-0.2, -0.15) is 0 Å². The van der Waals surface area contributed by atoms with Crippen molar-refractivity contribution in [3.05, 3.63) is 59.7 Å². The minimum absolute atomic E-state index is 0.0181. The fourth-order valence-corrected chi connectivity index (χ4v) is 1.59. The average Bonchev–Trinajstić information content (AvgIpc) is 2.39. The molecule has 17 heavy (non-hydrogen) atoms. The third-order valence-corrected chi connectivity index (χ3v) is 2.58. The molecule has 0 bridgehead atoms. The highest BCUT2D eigenvalue weighted by atomic mass is 16.4. The number of carboxylic acid groups (broad SMARTS) is 1. The van der Waals surface area contributed by atoms with Crippen LogP contribution in [0.4, 0.5) is 0 Å². The highest BCUT2D eigenvalue weighted by Crippen LogP contribution is 2.20. The lowest BCUT2D eigenvalue weighted by atomic mass is 10.0. The Balaban J connectivity index is 2.34. The number of benzene rings is 1. The zero-order valence-corrected chi connectivity index (χ0v) is 9.37. The Bertz CT molecular complexity index is 526. The lowest BCUT2D eigenvalue weighted by Crippen LogP contribution is -2.07. The van der Waals surface area contributed by atoms with E-state index in [1.54, 1.807) is 0 Å². The highest BCUT2D eigenvalue weighted by Gasteiger charge is 2.13. The van der Waals surface area contributed by atoms with Crippen LogP contribution in [0.5, 0.6) is 0 Å². The molecule has 1 unspecified atom stereocenters. The molecule has 0 radical (unpaired) electrons. The zero-order chi connectivity index (χ0) is 12.3. The number of aromatic nitrogens is 2. The van der Waals surface area contributed by atoms with Gasteiger partial charge < -0.3 is 5.11 Å². The van der Waals surface area contributed by atoms with Crippen LogP contribution in [0.1, 0.15) is 34.7 Å². The maximum Gasteiger partial charge on any atom is 0.354 e. The molecule has 1 atom stereocenters. The molecule has 0 aliphatic rings. The fraction of sp³-hybridized carbons (Fsp3) is 0.154. The Morgan fingerprint density at radius 3 is 2.59 bits per heavy atom. The number of rotatable bonds is 3. The SMILES string of the molecule is CC(c1ccccc1)c1nccc(C(=O)O)n1. The van der Waals surface area contributed by atoms with Crippen molar-refractivity contribution in [2.24, 2.45) is 0 Å². The summed E-state index contributed by atoms with van der Waals surface area (Å²) in [7, 11) is 0. The van der Waals surface area contributed by atoms with Crippen LogP contribution in [0, 0.1) is 0 Å². The summed E-state index contributed by atoms with van der Waals surface area (Å²) in [6, 6.07) is 11.1. The summed E-state index contributed by atoms with van der Waals surface area (Å²) in [6.45, 7) is 1.95. The van der Waals surface area contributed by atoms with E-state index in [1.807, 2.05) is 37.3 Å². The van der Waals surface area contributed by atoms with E-state index in [2.05, 4.69) is 9.97 Å². The van der Waals surface area contributed by atoms with Gasteiger partial charge in [-0.1, -0.05) is 37.3 Å². The van der Waals surface area contributed by atoms with Crippen LogP contribution >= 0.6 is 0 Å². The standard InChI is InChI=1S/C13H12N2O2/c1-9(10-5-3-2-4-6-10)12-14-8-7-11(15-12)13(16)17/h2-9H,1H3,(H,16,17). The summed E-state index contributed by atoms with van der Waals surface area (Å²) in [5.41, 5.74) is 1.09. The largest absolute Gasteiger partial charge is 0.477 e. The minimum Gasteiger partial charge on any atom is -0.477 e. The molecule has 1 N–H and O–H groups in total. The maximum atomic E-state index is 10.8. The molecule has 0 saturated carbocycles. The van der Waals surface area contributed by atoms with Crippen LogP contribution in [0.3, 0.4) is 0 Å². The highest BCUT2D eigenvalue weighted by molar-refractivity contribution is 5.85. The molecule has 0 aliphatic heterocycles. The van der Waals surface area contributed by atoms with Crippen molar-refractivity contribution in [1.82, 2.24) is 9.97 Å². The molecule has 0 fully saturated rings. The van der Waals surface area contributed by atoms with Crippen molar-refractivity contribution < 1.29 is 9.90 Å². The molecular formula is C13H12N2O2. The monoisotopic (exact) mass is 228 g/mol. The van der Waals surface area contributed by atoms with E-state index < -0.39 is 5.97 Å². The Kier molecular flexibility index (Phi) is 3.14. The smallest absolute Gasteiger partial charge is 0.354 e. The third kappa shape index (κ3) is 2.47. The molecule has 1 aromatic carbocycles. The van der Waals surface area contributed by atoms with E-state index in [1.165, 1.54) is 12.3 Å². The number of carboxylic acids is 1. The van der Waals surface area contributed by atoms with Gasteiger partial charge in [0.2, 0.25) is 0 Å². The second-order valence-electron chi connectivity index (χ2n) is 3.74. The van der Waals surface area contributed by atoms with Gasteiger partial charge in [-0.25, -0.2) is 14.8 Å². The maximum absolute atomic E-state index is 10.8. The lowest BCUT2D eigenvalue weighted by Gasteiger charge is -2.10. The first-order chi connectivity index (χ1) is 8.18. The van der Waals surface area contributed by atoms with Gasteiger partial charge in [0.25, 0.3) is 0 Å². The molecule has 0 spiro atoms. The molecule has 86 valence electrons. The van der Waals surface area contributed by atoms with Crippen LogP contribution in [0.15, 0.2) is 42.6 Å². The van der Waals surface area contributed by atoms with E-state index in [4.69, 9.17) is 5.11 Å². The number of hydrogen-bond acceptors (Lipinski definition) is 3. The van der Waals surface area contributed by atoms with E-state index >= 15 is 0 Å². The molecular weight excluding hydrogens is 216 g/mol. The normalized spacial score (nSPS) is 12.1. The van der Waals surface area contributed by atoms with Gasteiger partial charge in [0.15, 0.2) is 5.69 Å². The van der Waals surface area contributed by atoms with Gasteiger partial charge in [0.1, 0.15) is 5.82 Å². The predicted octanol–water partition coefficient (Wildman–Crippen LogP) is 2.33. The molecule has 2 rings (SSSR count). The van der Waals surface area contributed by atoms with Crippen molar-refractivity contribution in [2.75, 3.05) is 0 Å². The molecule has 4 nitrogen and oxygen atoms in total. The van der Waals surface area contributed by atoms with Gasteiger partial charge in [0, 0.05) is 12.1 Å². The average molecular weight is 228 g/mol. The summed E-state index contributed by atoms with van der Waals surface area (Å²) in [5, 5.41) is 8.87. The van der Waals surface area contributed by atoms with Gasteiger partial charge in [-0.15, -0.1) is 0 Å². The summed E-state index contributed by atoms with van der Waals surface area (Å²) >= 11 is 0. The van der Waals surface area contributed by atoms with Crippen molar-refractivity contribution in [2.45, 2.75) is 12.8 Å². The van der Waals surface area contributed by atoms with E-state index in [-0.39, 0.29) is 11.6 Å². The first kappa shape index (κ1) is 11.3. The van der Waals surface area contributed by atoms with Crippen molar-refractivity contribution in [3.63, 3.8) is 0 Å². The molecule has 2 aromatic rings. The second-order valence-corrected chi connectivity index (χ2v) is 3.74. The summed E-state index contributed by atoms with van der Waals surface area (Å²) in [5.74, 6) is -0.527. The van der Waals surface area contributed by atoms with Crippen molar-refractivity contribution in [3.8, 4) is 0 Å². The van der Waals surface area contributed by atoms with Gasteiger partial charge >= 0.3 is 5.97 Å². The Labute approximate surface area is 99.0 Å². The van der Waals surface area contributed by atoms with Gasteiger partial charge in [0.05, 0.1) is 0 Å².